The van der Waals surface area contributed by atoms with Gasteiger partial charge < -0.3 is 9.47 Å². The Hall–Kier alpha value is -1.87. The molecule has 0 aromatic heterocycles. The number of hydrogen-bond donors (Lipinski definition) is 0. The summed E-state index contributed by atoms with van der Waals surface area (Å²) in [4.78, 5) is 13.2. The van der Waals surface area contributed by atoms with E-state index in [-0.39, 0.29) is 12.1 Å². The van der Waals surface area contributed by atoms with E-state index < -0.39 is 5.60 Å². The van der Waals surface area contributed by atoms with Crippen molar-refractivity contribution >= 4 is 16.7 Å². The molecule has 0 saturated heterocycles. The van der Waals surface area contributed by atoms with Gasteiger partial charge in [0.2, 0.25) is 0 Å². The van der Waals surface area contributed by atoms with Crippen LogP contribution in [0.15, 0.2) is 42.5 Å². The average Bonchev–Trinajstić information content (AvgIpc) is 2.67. The summed E-state index contributed by atoms with van der Waals surface area (Å²) in [5.41, 5.74) is -0.250. The van der Waals surface area contributed by atoms with E-state index in [1.54, 1.807) is 7.11 Å². The number of ether oxygens (including phenoxy) is 2. The summed E-state index contributed by atoms with van der Waals surface area (Å²) in [6.45, 7) is 6.26. The Kier molecular flexibility index (Phi) is 5.67. The number of carbonyl (C=O) groups is 1. The van der Waals surface area contributed by atoms with Gasteiger partial charge in [-0.25, -0.2) is 4.79 Å². The molecule has 0 bridgehead atoms. The number of rotatable bonds is 5. The molecular formula is C23H30O3. The van der Waals surface area contributed by atoms with Crippen LogP contribution in [0.5, 0.6) is 0 Å². The van der Waals surface area contributed by atoms with E-state index in [0.717, 1.165) is 35.6 Å². The minimum Gasteiger partial charge on any atom is -0.460 e. The molecule has 1 aliphatic carbocycles. The fourth-order valence-corrected chi connectivity index (χ4v) is 4.23. The van der Waals surface area contributed by atoms with E-state index >= 15 is 0 Å². The van der Waals surface area contributed by atoms with Crippen LogP contribution in [0.25, 0.3) is 10.8 Å². The van der Waals surface area contributed by atoms with Gasteiger partial charge in [0, 0.05) is 12.7 Å². The lowest BCUT2D eigenvalue weighted by molar-refractivity contribution is -0.179. The molecule has 1 saturated carbocycles. The van der Waals surface area contributed by atoms with Crippen LogP contribution in [0.2, 0.25) is 0 Å². The Morgan fingerprint density at radius 2 is 1.77 bits per heavy atom. The second kappa shape index (κ2) is 7.79. The largest absolute Gasteiger partial charge is 0.460 e. The third-order valence-corrected chi connectivity index (χ3v) is 5.97. The van der Waals surface area contributed by atoms with Gasteiger partial charge in [0.05, 0.1) is 0 Å². The third kappa shape index (κ3) is 3.50. The maximum atomic E-state index is 13.2. The molecule has 26 heavy (non-hydrogen) atoms. The topological polar surface area (TPSA) is 35.5 Å². The first kappa shape index (κ1) is 18.9. The molecule has 0 amide bonds. The minimum absolute atomic E-state index is 0.0132. The Bertz CT molecular complexity index is 762. The quantitative estimate of drug-likeness (QED) is 0.669. The van der Waals surface area contributed by atoms with Crippen molar-refractivity contribution in [3.8, 4) is 0 Å². The number of methoxy groups -OCH3 is 1. The summed E-state index contributed by atoms with van der Waals surface area (Å²) in [6, 6.07) is 14.1. The summed E-state index contributed by atoms with van der Waals surface area (Å²) in [6.07, 6.45) is 4.42. The summed E-state index contributed by atoms with van der Waals surface area (Å²) < 4.78 is 11.8. The maximum Gasteiger partial charge on any atom is 0.343 e. The van der Waals surface area contributed by atoms with Crippen molar-refractivity contribution in [3.63, 3.8) is 0 Å². The molecule has 2 aromatic carbocycles. The SMILES string of the molecule is CO[C@](C)(C(=O)O[C@@H]1CCCC[C@H]1C(C)C)c1cccc2ccccc12. The van der Waals surface area contributed by atoms with Crippen LogP contribution in [-0.2, 0) is 19.9 Å². The van der Waals surface area contributed by atoms with Crippen molar-refractivity contribution in [3.05, 3.63) is 48.0 Å². The lowest BCUT2D eigenvalue weighted by atomic mass is 9.79. The zero-order valence-electron chi connectivity index (χ0n) is 16.3. The molecule has 0 heterocycles. The standard InChI is InChI=1S/C23H30O3/c1-16(2)18-12-7-8-15-21(18)26-22(24)23(3,25-4)20-14-9-11-17-10-5-6-13-19(17)20/h5-6,9-11,13-14,16,18,21H,7-8,12,15H2,1-4H3/t18-,21+,23-/m0/s1. The van der Waals surface area contributed by atoms with E-state index in [1.807, 2.05) is 37.3 Å². The molecule has 1 aliphatic rings. The van der Waals surface area contributed by atoms with Crippen molar-refractivity contribution in [2.45, 2.75) is 58.2 Å². The van der Waals surface area contributed by atoms with Gasteiger partial charge in [0.25, 0.3) is 0 Å². The molecule has 3 nitrogen and oxygen atoms in total. The molecule has 3 heteroatoms. The lowest BCUT2D eigenvalue weighted by Crippen LogP contribution is -2.42. The monoisotopic (exact) mass is 354 g/mol. The zero-order valence-corrected chi connectivity index (χ0v) is 16.3. The van der Waals surface area contributed by atoms with Gasteiger partial charge in [0.15, 0.2) is 5.60 Å². The van der Waals surface area contributed by atoms with Gasteiger partial charge >= 0.3 is 5.97 Å². The number of fused-ring (bicyclic) bond motifs is 1. The smallest absolute Gasteiger partial charge is 0.343 e. The van der Waals surface area contributed by atoms with E-state index in [4.69, 9.17) is 9.47 Å². The van der Waals surface area contributed by atoms with Gasteiger partial charge in [-0.2, -0.15) is 0 Å². The van der Waals surface area contributed by atoms with Gasteiger partial charge in [-0.15, -0.1) is 0 Å². The van der Waals surface area contributed by atoms with Crippen molar-refractivity contribution in [2.24, 2.45) is 11.8 Å². The van der Waals surface area contributed by atoms with E-state index in [2.05, 4.69) is 26.0 Å². The lowest BCUT2D eigenvalue weighted by Gasteiger charge is -2.36. The van der Waals surface area contributed by atoms with Gasteiger partial charge in [-0.3, -0.25) is 0 Å². The third-order valence-electron chi connectivity index (χ3n) is 5.97. The zero-order chi connectivity index (χ0) is 18.7. The molecule has 2 aromatic rings. The Morgan fingerprint density at radius 1 is 1.08 bits per heavy atom. The fraction of sp³-hybridized carbons (Fsp3) is 0.522. The van der Waals surface area contributed by atoms with Gasteiger partial charge in [0.1, 0.15) is 6.10 Å². The molecule has 3 atom stereocenters. The van der Waals surface area contributed by atoms with Crippen LogP contribution < -0.4 is 0 Å². The van der Waals surface area contributed by atoms with E-state index in [1.165, 1.54) is 6.42 Å². The first-order chi connectivity index (χ1) is 12.5. The molecule has 0 unspecified atom stereocenters. The van der Waals surface area contributed by atoms with Crippen molar-refractivity contribution in [2.75, 3.05) is 7.11 Å². The summed E-state index contributed by atoms with van der Waals surface area (Å²) in [5.74, 6) is 0.662. The van der Waals surface area contributed by atoms with Gasteiger partial charge in [-0.05, 0) is 48.8 Å². The van der Waals surface area contributed by atoms with Crippen LogP contribution in [0.1, 0.15) is 52.0 Å². The number of esters is 1. The average molecular weight is 354 g/mol. The van der Waals surface area contributed by atoms with E-state index in [9.17, 15) is 4.79 Å². The first-order valence-corrected chi connectivity index (χ1v) is 9.72. The van der Waals surface area contributed by atoms with Crippen LogP contribution in [0.3, 0.4) is 0 Å². The Labute approximate surface area is 156 Å². The predicted octanol–water partition coefficient (Wildman–Crippen LogP) is 5.46. The molecule has 3 rings (SSSR count). The highest BCUT2D eigenvalue weighted by Gasteiger charge is 2.41. The number of carbonyl (C=O) groups excluding carboxylic acids is 1. The van der Waals surface area contributed by atoms with Crippen molar-refractivity contribution < 1.29 is 14.3 Å². The first-order valence-electron chi connectivity index (χ1n) is 9.72. The van der Waals surface area contributed by atoms with E-state index in [0.29, 0.717) is 11.8 Å². The minimum atomic E-state index is -1.11. The van der Waals surface area contributed by atoms with Crippen LogP contribution >= 0.6 is 0 Å². The highest BCUT2D eigenvalue weighted by molar-refractivity contribution is 5.92. The van der Waals surface area contributed by atoms with Crippen LogP contribution in [0, 0.1) is 11.8 Å². The summed E-state index contributed by atoms with van der Waals surface area (Å²) in [7, 11) is 1.59. The second-order valence-corrected chi connectivity index (χ2v) is 7.90. The molecular weight excluding hydrogens is 324 g/mol. The number of hydrogen-bond acceptors (Lipinski definition) is 3. The molecule has 0 radical (unpaired) electrons. The number of benzene rings is 2. The highest BCUT2D eigenvalue weighted by Crippen LogP contribution is 2.36. The Balaban J connectivity index is 1.92. The normalized spacial score (nSPS) is 23.0. The predicted molar refractivity (Wildman–Crippen MR) is 105 cm³/mol. The highest BCUT2D eigenvalue weighted by atomic mass is 16.6. The maximum absolute atomic E-state index is 13.2. The van der Waals surface area contributed by atoms with Gasteiger partial charge in [-0.1, -0.05) is 62.7 Å². The molecule has 140 valence electrons. The van der Waals surface area contributed by atoms with Crippen LogP contribution in [-0.4, -0.2) is 19.2 Å². The van der Waals surface area contributed by atoms with Crippen molar-refractivity contribution in [1.29, 1.82) is 0 Å². The summed E-state index contributed by atoms with van der Waals surface area (Å²) in [5, 5.41) is 2.12. The molecule has 0 N–H and O–H groups in total. The van der Waals surface area contributed by atoms with Crippen molar-refractivity contribution in [1.82, 2.24) is 0 Å². The molecule has 0 spiro atoms. The second-order valence-electron chi connectivity index (χ2n) is 7.90. The molecule has 1 fully saturated rings. The molecule has 0 aliphatic heterocycles. The van der Waals surface area contributed by atoms with Crippen LogP contribution in [0.4, 0.5) is 0 Å². The Morgan fingerprint density at radius 3 is 2.50 bits per heavy atom. The summed E-state index contributed by atoms with van der Waals surface area (Å²) >= 11 is 0. The fourth-order valence-electron chi connectivity index (χ4n) is 4.23.